The molecule has 0 aromatic heterocycles. The van der Waals surface area contributed by atoms with Crippen LogP contribution in [0, 0.1) is 49.4 Å². The molecule has 0 bridgehead atoms. The van der Waals surface area contributed by atoms with E-state index >= 15 is 8.78 Å². The Bertz CT molecular complexity index is 1480. The van der Waals surface area contributed by atoms with Gasteiger partial charge in [-0.3, -0.25) is 19.2 Å². The number of carbonyl (C=O) groups is 4. The Morgan fingerprint density at radius 2 is 1.73 bits per heavy atom. The van der Waals surface area contributed by atoms with E-state index in [1.54, 1.807) is 20.8 Å². The minimum Gasteiger partial charge on any atom is -0.449 e. The molecule has 0 radical (unpaired) electrons. The molecular formula is C35H42F2O6S. The molecule has 44 heavy (non-hydrogen) atoms. The molecule has 238 valence electrons. The molecule has 9 atom stereocenters. The fourth-order valence-corrected chi connectivity index (χ4v) is 10.5. The third-order valence-electron chi connectivity index (χ3n) is 11.3. The molecule has 1 aromatic carbocycles. The zero-order chi connectivity index (χ0) is 32.6. The first-order valence-corrected chi connectivity index (χ1v) is 16.4. The van der Waals surface area contributed by atoms with Crippen molar-refractivity contribution >= 4 is 34.4 Å². The summed E-state index contributed by atoms with van der Waals surface area (Å²) >= 11 is 0.783. The number of hydrogen-bond donors (Lipinski definition) is 1. The van der Waals surface area contributed by atoms with Gasteiger partial charge < -0.3 is 9.84 Å². The molecule has 0 spiro atoms. The van der Waals surface area contributed by atoms with E-state index in [1.165, 1.54) is 19.1 Å². The van der Waals surface area contributed by atoms with E-state index < -0.39 is 69.0 Å². The molecular weight excluding hydrogens is 586 g/mol. The summed E-state index contributed by atoms with van der Waals surface area (Å²) in [6, 6.07) is 3.82. The van der Waals surface area contributed by atoms with Gasteiger partial charge in [0.25, 0.3) is 0 Å². The van der Waals surface area contributed by atoms with Crippen LogP contribution in [0.25, 0.3) is 0 Å². The fraction of sp³-hybridized carbons (Fsp3) is 0.600. The summed E-state index contributed by atoms with van der Waals surface area (Å²) in [5.74, 6) is -3.69. The topological polar surface area (TPSA) is 97.7 Å². The second-order valence-electron chi connectivity index (χ2n) is 13.8. The van der Waals surface area contributed by atoms with Gasteiger partial charge >= 0.3 is 5.97 Å². The Morgan fingerprint density at radius 3 is 2.34 bits per heavy atom. The number of allylic oxidation sites excluding steroid dienone is 4. The van der Waals surface area contributed by atoms with Crippen LogP contribution in [0.15, 0.2) is 35.9 Å². The number of fused-ring (bicyclic) bond motifs is 5. The van der Waals surface area contributed by atoms with Crippen LogP contribution in [0.1, 0.15) is 80.4 Å². The SMILES string of the molecule is CCC(=O)O[C@]1(C(=O)SCC(=O)c2c(C)cc(C)cc2C)[C@H](C)C[C@H]2[C@@H]3C[C@H](F)C4=CC(=O)C=C[C@]4(C)[C@@]3(F)[C@@H](O)C[C@@]21C. The predicted octanol–water partition coefficient (Wildman–Crippen LogP) is 6.31. The van der Waals surface area contributed by atoms with Gasteiger partial charge in [0.1, 0.15) is 6.17 Å². The van der Waals surface area contributed by atoms with Gasteiger partial charge in [0.2, 0.25) is 5.12 Å². The van der Waals surface area contributed by atoms with Crippen molar-refractivity contribution in [2.45, 2.75) is 97.7 Å². The monoisotopic (exact) mass is 628 g/mol. The first-order valence-electron chi connectivity index (χ1n) is 15.4. The Labute approximate surface area is 262 Å². The quantitative estimate of drug-likeness (QED) is 0.291. The van der Waals surface area contributed by atoms with Crippen LogP contribution in [-0.2, 0) is 19.1 Å². The van der Waals surface area contributed by atoms with Crippen molar-refractivity contribution in [1.82, 2.24) is 0 Å². The molecule has 4 aliphatic rings. The summed E-state index contributed by atoms with van der Waals surface area (Å²) in [5, 5.41) is 11.2. The normalized spacial score (nSPS) is 39.2. The Kier molecular flexibility index (Phi) is 8.19. The number of aliphatic hydroxyl groups is 1. The highest BCUT2D eigenvalue weighted by Crippen LogP contribution is 2.72. The van der Waals surface area contributed by atoms with Gasteiger partial charge in [-0.1, -0.05) is 56.3 Å². The summed E-state index contributed by atoms with van der Waals surface area (Å²) in [6.45, 7) is 12.3. The van der Waals surface area contributed by atoms with Gasteiger partial charge in [-0.15, -0.1) is 0 Å². The predicted molar refractivity (Wildman–Crippen MR) is 165 cm³/mol. The largest absolute Gasteiger partial charge is 0.449 e. The van der Waals surface area contributed by atoms with Crippen molar-refractivity contribution in [2.75, 3.05) is 5.75 Å². The van der Waals surface area contributed by atoms with Crippen molar-refractivity contribution < 1.29 is 37.8 Å². The number of carbonyl (C=O) groups excluding carboxylic acids is 4. The lowest BCUT2D eigenvalue weighted by Gasteiger charge is -2.63. The van der Waals surface area contributed by atoms with E-state index in [1.807, 2.05) is 32.9 Å². The van der Waals surface area contributed by atoms with Gasteiger partial charge in [-0.25, -0.2) is 8.78 Å². The molecule has 5 rings (SSSR count). The summed E-state index contributed by atoms with van der Waals surface area (Å²) in [4.78, 5) is 52.9. The second-order valence-corrected chi connectivity index (χ2v) is 14.8. The third kappa shape index (κ3) is 4.43. The number of esters is 1. The molecule has 0 aliphatic heterocycles. The third-order valence-corrected chi connectivity index (χ3v) is 12.3. The van der Waals surface area contributed by atoms with Crippen LogP contribution >= 0.6 is 11.8 Å². The standard InChI is InChI=1S/C35H42F2O6S/c1-8-29(41)43-35(31(42)44-17-27(39)30-19(3)11-18(2)12-20(30)4)21(5)13-23-24-15-26(36)25-14-22(38)9-10-32(25,6)34(24,37)28(40)16-33(23,35)7/h9-12,14,21,23-24,26,28,40H,8,13,15-17H2,1-7H3/t21-,23+,24+,26+,28+,32+,33+,34+,35+/m1/s1. The highest BCUT2D eigenvalue weighted by Gasteiger charge is 2.78. The van der Waals surface area contributed by atoms with E-state index in [0.717, 1.165) is 34.5 Å². The number of benzene rings is 1. The average Bonchev–Trinajstić information content (AvgIpc) is 3.15. The lowest BCUT2D eigenvalue weighted by molar-refractivity contribution is -0.228. The van der Waals surface area contributed by atoms with Crippen molar-refractivity contribution in [2.24, 2.45) is 28.6 Å². The molecule has 3 saturated carbocycles. The molecule has 0 heterocycles. The van der Waals surface area contributed by atoms with E-state index in [4.69, 9.17) is 4.74 Å². The van der Waals surface area contributed by atoms with Crippen LogP contribution in [-0.4, -0.2) is 57.1 Å². The zero-order valence-corrected chi connectivity index (χ0v) is 27.3. The molecule has 1 N–H and O–H groups in total. The van der Waals surface area contributed by atoms with Crippen LogP contribution in [0.2, 0.25) is 0 Å². The van der Waals surface area contributed by atoms with Gasteiger partial charge in [0.05, 0.1) is 11.9 Å². The maximum Gasteiger partial charge on any atom is 0.306 e. The average molecular weight is 629 g/mol. The maximum absolute atomic E-state index is 17.6. The van der Waals surface area contributed by atoms with E-state index in [2.05, 4.69) is 0 Å². The Balaban J connectivity index is 1.54. The van der Waals surface area contributed by atoms with Gasteiger partial charge in [0.15, 0.2) is 22.8 Å². The number of hydrogen-bond acceptors (Lipinski definition) is 7. The molecule has 0 saturated heterocycles. The molecule has 3 fully saturated rings. The summed E-state index contributed by atoms with van der Waals surface area (Å²) in [5.41, 5.74) is -3.69. The van der Waals surface area contributed by atoms with Crippen molar-refractivity contribution in [3.05, 3.63) is 58.2 Å². The Morgan fingerprint density at radius 1 is 1.09 bits per heavy atom. The lowest BCUT2D eigenvalue weighted by Crippen LogP contribution is -2.70. The summed E-state index contributed by atoms with van der Waals surface area (Å²) in [7, 11) is 0. The van der Waals surface area contributed by atoms with Gasteiger partial charge in [0, 0.05) is 34.7 Å². The first-order chi connectivity index (χ1) is 20.5. The number of alkyl halides is 2. The number of halogens is 2. The van der Waals surface area contributed by atoms with Crippen molar-refractivity contribution in [1.29, 1.82) is 0 Å². The van der Waals surface area contributed by atoms with Crippen molar-refractivity contribution in [3.8, 4) is 0 Å². The van der Waals surface area contributed by atoms with Gasteiger partial charge in [-0.2, -0.15) is 0 Å². The first kappa shape index (κ1) is 32.7. The number of rotatable bonds is 6. The molecule has 4 aliphatic carbocycles. The molecule has 1 aromatic rings. The van der Waals surface area contributed by atoms with E-state index in [-0.39, 0.29) is 42.8 Å². The summed E-state index contributed by atoms with van der Waals surface area (Å²) in [6.07, 6.45) is 0.236. The number of ketones is 2. The number of thioether (sulfide) groups is 1. The summed E-state index contributed by atoms with van der Waals surface area (Å²) < 4.78 is 39.6. The van der Waals surface area contributed by atoms with Crippen LogP contribution in [0.4, 0.5) is 8.78 Å². The lowest BCUT2D eigenvalue weighted by atomic mass is 9.44. The number of aliphatic hydroxyl groups excluding tert-OH is 1. The zero-order valence-electron chi connectivity index (χ0n) is 26.5. The van der Waals surface area contributed by atoms with Crippen molar-refractivity contribution in [3.63, 3.8) is 0 Å². The minimum atomic E-state index is -2.32. The van der Waals surface area contributed by atoms with Crippen LogP contribution in [0.5, 0.6) is 0 Å². The minimum absolute atomic E-state index is 0.00944. The van der Waals surface area contributed by atoms with Crippen LogP contribution in [0.3, 0.4) is 0 Å². The smallest absolute Gasteiger partial charge is 0.306 e. The van der Waals surface area contributed by atoms with Crippen LogP contribution < -0.4 is 0 Å². The molecule has 6 nitrogen and oxygen atoms in total. The maximum atomic E-state index is 17.6. The Hall–Kier alpha value is -2.65. The van der Waals surface area contributed by atoms with E-state index in [9.17, 15) is 24.3 Å². The molecule has 0 amide bonds. The van der Waals surface area contributed by atoms with Gasteiger partial charge in [-0.05, 0) is 81.7 Å². The highest BCUT2D eigenvalue weighted by atomic mass is 32.2. The number of Topliss-reactive ketones (excluding diaryl/α,β-unsaturated/α-hetero) is 1. The second kappa shape index (κ2) is 11.0. The molecule has 0 unspecified atom stereocenters. The van der Waals surface area contributed by atoms with E-state index in [0.29, 0.717) is 5.56 Å². The fourth-order valence-electron chi connectivity index (χ4n) is 9.40. The molecule has 9 heteroatoms. The number of aryl methyl sites for hydroxylation is 3. The highest BCUT2D eigenvalue weighted by molar-refractivity contribution is 8.14. The number of ether oxygens (including phenoxy) is 1.